The number of piperazine rings is 1. The Morgan fingerprint density at radius 3 is 2.35 bits per heavy atom. The summed E-state index contributed by atoms with van der Waals surface area (Å²) in [6.07, 6.45) is 4.02. The molecule has 6 heteroatoms. The minimum absolute atomic E-state index is 0.771. The fourth-order valence-electron chi connectivity index (χ4n) is 2.46. The summed E-state index contributed by atoms with van der Waals surface area (Å²) in [6, 6.07) is 0. The highest BCUT2D eigenvalue weighted by atomic mass is 15.4. The van der Waals surface area contributed by atoms with Gasteiger partial charge in [-0.25, -0.2) is 0 Å². The van der Waals surface area contributed by atoms with Crippen LogP contribution < -0.4 is 9.80 Å². The second kappa shape index (κ2) is 7.38. The first kappa shape index (κ1) is 15.0. The molecule has 0 saturated carbocycles. The van der Waals surface area contributed by atoms with Gasteiger partial charge in [0.05, 0.1) is 6.20 Å². The Balaban J connectivity index is 2.09. The van der Waals surface area contributed by atoms with Gasteiger partial charge in [-0.1, -0.05) is 13.8 Å². The Bertz CT molecular complexity index is 396. The van der Waals surface area contributed by atoms with Gasteiger partial charge in [0, 0.05) is 39.3 Å². The average Bonchev–Trinajstić information content (AvgIpc) is 2.48. The molecule has 0 spiro atoms. The summed E-state index contributed by atoms with van der Waals surface area (Å²) in [5, 5.41) is 8.37. The van der Waals surface area contributed by atoms with Crippen molar-refractivity contribution in [1.29, 1.82) is 0 Å². The third-order valence-electron chi connectivity index (χ3n) is 3.63. The Hall–Kier alpha value is -1.43. The van der Waals surface area contributed by atoms with Crippen LogP contribution in [0.1, 0.15) is 26.7 Å². The number of rotatable bonds is 6. The Kier molecular flexibility index (Phi) is 5.52. The molecular formula is C14H26N6. The van der Waals surface area contributed by atoms with E-state index in [2.05, 4.69) is 45.8 Å². The first-order valence-electron chi connectivity index (χ1n) is 7.62. The van der Waals surface area contributed by atoms with E-state index in [0.29, 0.717) is 0 Å². The molecule has 1 saturated heterocycles. The summed E-state index contributed by atoms with van der Waals surface area (Å²) in [5.41, 5.74) is 0. The SMILES string of the molecule is CCCN(CCC)c1cnnc(N2CCN(C)CC2)n1. The lowest BCUT2D eigenvalue weighted by atomic mass is 10.3. The van der Waals surface area contributed by atoms with Crippen LogP contribution in [0.4, 0.5) is 11.8 Å². The van der Waals surface area contributed by atoms with Gasteiger partial charge in [-0.3, -0.25) is 0 Å². The molecule has 0 N–H and O–H groups in total. The normalized spacial score (nSPS) is 16.4. The van der Waals surface area contributed by atoms with E-state index in [0.717, 1.165) is 63.9 Å². The summed E-state index contributed by atoms with van der Waals surface area (Å²) >= 11 is 0. The van der Waals surface area contributed by atoms with Crippen molar-refractivity contribution in [2.24, 2.45) is 0 Å². The fraction of sp³-hybridized carbons (Fsp3) is 0.786. The molecule has 0 bridgehead atoms. The van der Waals surface area contributed by atoms with Crippen LogP contribution in [0.3, 0.4) is 0 Å². The van der Waals surface area contributed by atoms with Gasteiger partial charge in [0.25, 0.3) is 0 Å². The van der Waals surface area contributed by atoms with Crippen molar-refractivity contribution in [3.05, 3.63) is 6.20 Å². The van der Waals surface area contributed by atoms with Gasteiger partial charge in [0.1, 0.15) is 0 Å². The molecule has 1 aliphatic heterocycles. The highest BCUT2D eigenvalue weighted by Crippen LogP contribution is 2.15. The van der Waals surface area contributed by atoms with Crippen LogP contribution in [0.25, 0.3) is 0 Å². The highest BCUT2D eigenvalue weighted by Gasteiger charge is 2.18. The van der Waals surface area contributed by atoms with Gasteiger partial charge in [0.2, 0.25) is 5.95 Å². The van der Waals surface area contributed by atoms with Gasteiger partial charge in [-0.2, -0.15) is 10.1 Å². The fourth-order valence-corrected chi connectivity index (χ4v) is 2.46. The number of likely N-dealkylation sites (N-methyl/N-ethyl adjacent to an activating group) is 1. The second-order valence-electron chi connectivity index (χ2n) is 5.39. The topological polar surface area (TPSA) is 48.4 Å². The first-order valence-corrected chi connectivity index (χ1v) is 7.62. The number of nitrogens with zero attached hydrogens (tertiary/aromatic N) is 6. The standard InChI is InChI=1S/C14H26N6/c1-4-6-19(7-5-2)13-12-15-17-14(16-13)20-10-8-18(3)9-11-20/h12H,4-11H2,1-3H3. The first-order chi connectivity index (χ1) is 9.74. The number of aromatic nitrogens is 3. The van der Waals surface area contributed by atoms with Crippen LogP contribution in [-0.4, -0.2) is 66.4 Å². The van der Waals surface area contributed by atoms with Crippen LogP contribution in [-0.2, 0) is 0 Å². The monoisotopic (exact) mass is 278 g/mol. The molecule has 112 valence electrons. The molecule has 20 heavy (non-hydrogen) atoms. The molecule has 1 aromatic heterocycles. The van der Waals surface area contributed by atoms with Crippen molar-refractivity contribution in [3.8, 4) is 0 Å². The van der Waals surface area contributed by atoms with Crippen molar-refractivity contribution in [1.82, 2.24) is 20.1 Å². The van der Waals surface area contributed by atoms with Gasteiger partial charge >= 0.3 is 0 Å². The molecule has 1 aromatic rings. The summed E-state index contributed by atoms with van der Waals surface area (Å²) in [7, 11) is 2.15. The molecule has 0 amide bonds. The van der Waals surface area contributed by atoms with Crippen molar-refractivity contribution in [3.63, 3.8) is 0 Å². The molecule has 1 fully saturated rings. The van der Waals surface area contributed by atoms with E-state index in [9.17, 15) is 0 Å². The lowest BCUT2D eigenvalue weighted by Gasteiger charge is -2.32. The van der Waals surface area contributed by atoms with Gasteiger partial charge in [-0.05, 0) is 19.9 Å². The van der Waals surface area contributed by atoms with E-state index in [-0.39, 0.29) is 0 Å². The quantitative estimate of drug-likeness (QED) is 0.780. The summed E-state index contributed by atoms with van der Waals surface area (Å²) in [6.45, 7) is 10.5. The van der Waals surface area contributed by atoms with Crippen LogP contribution in [0.15, 0.2) is 6.20 Å². The van der Waals surface area contributed by atoms with E-state index in [4.69, 9.17) is 4.98 Å². The van der Waals surface area contributed by atoms with E-state index < -0.39 is 0 Å². The van der Waals surface area contributed by atoms with Crippen LogP contribution in [0.2, 0.25) is 0 Å². The zero-order valence-corrected chi connectivity index (χ0v) is 12.9. The van der Waals surface area contributed by atoms with Gasteiger partial charge in [0.15, 0.2) is 5.82 Å². The van der Waals surface area contributed by atoms with E-state index in [1.807, 2.05) is 0 Å². The lowest BCUT2D eigenvalue weighted by Crippen LogP contribution is -2.45. The molecule has 1 aliphatic rings. The van der Waals surface area contributed by atoms with E-state index in [1.54, 1.807) is 6.20 Å². The predicted octanol–water partition coefficient (Wildman–Crippen LogP) is 1.25. The minimum Gasteiger partial charge on any atom is -0.355 e. The van der Waals surface area contributed by atoms with Crippen LogP contribution in [0, 0.1) is 0 Å². The molecule has 0 radical (unpaired) electrons. The summed E-state index contributed by atoms with van der Waals surface area (Å²) in [5.74, 6) is 1.73. The highest BCUT2D eigenvalue weighted by molar-refractivity contribution is 5.41. The molecule has 0 aromatic carbocycles. The lowest BCUT2D eigenvalue weighted by molar-refractivity contribution is 0.311. The maximum atomic E-state index is 4.72. The molecule has 2 heterocycles. The third-order valence-corrected chi connectivity index (χ3v) is 3.63. The average molecular weight is 278 g/mol. The predicted molar refractivity (Wildman–Crippen MR) is 82.3 cm³/mol. The maximum Gasteiger partial charge on any atom is 0.247 e. The molecular weight excluding hydrogens is 252 g/mol. The molecule has 2 rings (SSSR count). The van der Waals surface area contributed by atoms with Crippen molar-refractivity contribution in [2.45, 2.75) is 26.7 Å². The zero-order valence-electron chi connectivity index (χ0n) is 12.9. The minimum atomic E-state index is 0.771. The molecule has 0 aliphatic carbocycles. The molecule has 6 nitrogen and oxygen atoms in total. The van der Waals surface area contributed by atoms with Crippen molar-refractivity contribution < 1.29 is 0 Å². The Labute approximate surface area is 121 Å². The zero-order chi connectivity index (χ0) is 14.4. The largest absolute Gasteiger partial charge is 0.355 e. The third kappa shape index (κ3) is 3.79. The summed E-state index contributed by atoms with van der Waals surface area (Å²) < 4.78 is 0. The van der Waals surface area contributed by atoms with Crippen LogP contribution >= 0.6 is 0 Å². The Morgan fingerprint density at radius 2 is 1.75 bits per heavy atom. The van der Waals surface area contributed by atoms with Gasteiger partial charge < -0.3 is 14.7 Å². The second-order valence-corrected chi connectivity index (χ2v) is 5.39. The number of hydrogen-bond acceptors (Lipinski definition) is 6. The van der Waals surface area contributed by atoms with Crippen molar-refractivity contribution in [2.75, 3.05) is 56.1 Å². The number of anilines is 2. The summed E-state index contributed by atoms with van der Waals surface area (Å²) in [4.78, 5) is 11.6. The van der Waals surface area contributed by atoms with Gasteiger partial charge in [-0.15, -0.1) is 5.10 Å². The Morgan fingerprint density at radius 1 is 1.10 bits per heavy atom. The maximum absolute atomic E-state index is 4.72. The molecule has 0 unspecified atom stereocenters. The smallest absolute Gasteiger partial charge is 0.247 e. The van der Waals surface area contributed by atoms with E-state index >= 15 is 0 Å². The van der Waals surface area contributed by atoms with Crippen molar-refractivity contribution >= 4 is 11.8 Å². The molecule has 0 atom stereocenters. The van der Waals surface area contributed by atoms with E-state index in [1.165, 1.54) is 0 Å². The number of hydrogen-bond donors (Lipinski definition) is 0. The van der Waals surface area contributed by atoms with Crippen LogP contribution in [0.5, 0.6) is 0 Å².